The van der Waals surface area contributed by atoms with Crippen LogP contribution in [-0.2, 0) is 0 Å². The highest BCUT2D eigenvalue weighted by Crippen LogP contribution is 2.36. The normalized spacial score (nSPS) is 12.7. The predicted octanol–water partition coefficient (Wildman–Crippen LogP) is 4.25. The number of thioether (sulfide) groups is 1. The van der Waals surface area contributed by atoms with Gasteiger partial charge in [-0.3, -0.25) is 4.79 Å². The van der Waals surface area contributed by atoms with Gasteiger partial charge in [0.1, 0.15) is 9.88 Å². The zero-order valence-corrected chi connectivity index (χ0v) is 14.7. The van der Waals surface area contributed by atoms with Crippen molar-refractivity contribution >= 4 is 35.0 Å². The molecule has 0 aliphatic rings. The molecule has 0 spiro atoms. The highest BCUT2D eigenvalue weighted by Gasteiger charge is 2.29. The van der Waals surface area contributed by atoms with Gasteiger partial charge in [0.2, 0.25) is 0 Å². The number of carbonyl (C=O) groups excluding carboxylic acids is 1. The summed E-state index contributed by atoms with van der Waals surface area (Å²) in [5.41, 5.74) is -3.82. The standard InChI is InChI=1S/C15H13F3N2O3S2/c1-7-11(14(22)23)24-13(20-7)8(2)19-12(21)9-3-5-10(6-4-9)25-15(16,17)18/h3-6,8H,1-2H3,(H,19,21)(H,22,23). The van der Waals surface area contributed by atoms with Gasteiger partial charge < -0.3 is 10.4 Å². The van der Waals surface area contributed by atoms with Gasteiger partial charge in [0, 0.05) is 10.5 Å². The fourth-order valence-corrected chi connectivity index (χ4v) is 3.40. The Labute approximate surface area is 149 Å². The van der Waals surface area contributed by atoms with E-state index >= 15 is 0 Å². The first kappa shape index (κ1) is 19.3. The van der Waals surface area contributed by atoms with Gasteiger partial charge in [-0.2, -0.15) is 13.2 Å². The minimum atomic E-state index is -4.39. The van der Waals surface area contributed by atoms with E-state index in [2.05, 4.69) is 10.3 Å². The highest BCUT2D eigenvalue weighted by atomic mass is 32.2. The van der Waals surface area contributed by atoms with Crippen molar-refractivity contribution in [2.75, 3.05) is 0 Å². The summed E-state index contributed by atoms with van der Waals surface area (Å²) >= 11 is 0.711. The quantitative estimate of drug-likeness (QED) is 0.746. The first-order valence-electron chi connectivity index (χ1n) is 6.94. The molecule has 1 aromatic heterocycles. The molecule has 2 N–H and O–H groups in total. The summed E-state index contributed by atoms with van der Waals surface area (Å²) in [4.78, 5) is 27.4. The van der Waals surface area contributed by atoms with E-state index in [1.807, 2.05) is 0 Å². The van der Waals surface area contributed by atoms with Gasteiger partial charge in [0.05, 0.1) is 11.7 Å². The average molecular weight is 390 g/mol. The molecule has 0 fully saturated rings. The summed E-state index contributed by atoms with van der Waals surface area (Å²) in [5, 5.41) is 12.1. The zero-order chi connectivity index (χ0) is 18.8. The number of amides is 1. The molecule has 0 radical (unpaired) electrons. The van der Waals surface area contributed by atoms with Crippen LogP contribution in [0.5, 0.6) is 0 Å². The van der Waals surface area contributed by atoms with Crippen LogP contribution in [-0.4, -0.2) is 27.5 Å². The molecule has 0 bridgehead atoms. The number of nitrogens with zero attached hydrogens (tertiary/aromatic N) is 1. The third-order valence-corrected chi connectivity index (χ3v) is 5.14. The number of benzene rings is 1. The largest absolute Gasteiger partial charge is 0.477 e. The molecule has 1 amide bonds. The molecular formula is C15H13F3N2O3S2. The molecule has 2 aromatic rings. The summed E-state index contributed by atoms with van der Waals surface area (Å²) in [6.07, 6.45) is 0. The molecule has 1 atom stereocenters. The maximum atomic E-state index is 12.3. The lowest BCUT2D eigenvalue weighted by atomic mass is 10.2. The van der Waals surface area contributed by atoms with E-state index in [-0.39, 0.29) is 27.1 Å². The van der Waals surface area contributed by atoms with Crippen LogP contribution in [0.4, 0.5) is 13.2 Å². The fraction of sp³-hybridized carbons (Fsp3) is 0.267. The summed E-state index contributed by atoms with van der Waals surface area (Å²) in [7, 11) is 0. The van der Waals surface area contributed by atoms with E-state index in [4.69, 9.17) is 5.11 Å². The van der Waals surface area contributed by atoms with Gasteiger partial charge in [-0.05, 0) is 49.9 Å². The molecule has 0 saturated carbocycles. The van der Waals surface area contributed by atoms with Crippen LogP contribution in [0.3, 0.4) is 0 Å². The molecule has 0 aliphatic carbocycles. The van der Waals surface area contributed by atoms with Crippen molar-refractivity contribution in [1.82, 2.24) is 10.3 Å². The number of rotatable bonds is 5. The smallest absolute Gasteiger partial charge is 0.446 e. The van der Waals surface area contributed by atoms with Gasteiger partial charge in [0.15, 0.2) is 0 Å². The van der Waals surface area contributed by atoms with Crippen LogP contribution in [0.2, 0.25) is 0 Å². The molecule has 1 unspecified atom stereocenters. The van der Waals surface area contributed by atoms with E-state index in [9.17, 15) is 22.8 Å². The van der Waals surface area contributed by atoms with Gasteiger partial charge >= 0.3 is 11.5 Å². The molecule has 5 nitrogen and oxygen atoms in total. The summed E-state index contributed by atoms with van der Waals surface area (Å²) in [5.74, 6) is -1.57. The van der Waals surface area contributed by atoms with Crippen LogP contribution >= 0.6 is 23.1 Å². The van der Waals surface area contributed by atoms with Gasteiger partial charge in [0.25, 0.3) is 5.91 Å². The Morgan fingerprint density at radius 3 is 2.36 bits per heavy atom. The third-order valence-electron chi connectivity index (χ3n) is 3.08. The molecule has 0 saturated heterocycles. The minimum absolute atomic E-state index is 0.0150. The van der Waals surface area contributed by atoms with Gasteiger partial charge in [-0.15, -0.1) is 11.3 Å². The van der Waals surface area contributed by atoms with Gasteiger partial charge in [-0.25, -0.2) is 9.78 Å². The second-order valence-corrected chi connectivity index (χ2v) is 7.21. The van der Waals surface area contributed by atoms with Crippen molar-refractivity contribution < 1.29 is 27.9 Å². The maximum absolute atomic E-state index is 12.3. The van der Waals surface area contributed by atoms with E-state index in [0.29, 0.717) is 10.7 Å². The molecule has 10 heteroatoms. The van der Waals surface area contributed by atoms with Crippen molar-refractivity contribution in [1.29, 1.82) is 0 Å². The Bertz CT molecular complexity index is 788. The SMILES string of the molecule is Cc1nc(C(C)NC(=O)c2ccc(SC(F)(F)F)cc2)sc1C(=O)O. The lowest BCUT2D eigenvalue weighted by Gasteiger charge is -2.12. The third kappa shape index (κ3) is 5.20. The van der Waals surface area contributed by atoms with Gasteiger partial charge in [-0.1, -0.05) is 0 Å². The number of hydrogen-bond acceptors (Lipinski definition) is 5. The second-order valence-electron chi connectivity index (χ2n) is 5.04. The van der Waals surface area contributed by atoms with Crippen molar-refractivity contribution in [3.63, 3.8) is 0 Å². The van der Waals surface area contributed by atoms with E-state index < -0.39 is 23.4 Å². The first-order chi connectivity index (χ1) is 11.6. The number of hydrogen-bond donors (Lipinski definition) is 2. The number of aromatic carboxylic acids is 1. The second kappa shape index (κ2) is 7.44. The number of alkyl halides is 3. The maximum Gasteiger partial charge on any atom is 0.446 e. The Morgan fingerprint density at radius 1 is 1.28 bits per heavy atom. The monoisotopic (exact) mass is 390 g/mol. The number of thiazole rings is 1. The Balaban J connectivity index is 2.06. The van der Waals surface area contributed by atoms with Crippen LogP contribution in [0.1, 0.15) is 43.7 Å². The molecule has 134 valence electrons. The topological polar surface area (TPSA) is 79.3 Å². The van der Waals surface area contributed by atoms with Crippen molar-refractivity contribution in [3.05, 3.63) is 45.4 Å². The summed E-state index contributed by atoms with van der Waals surface area (Å²) in [6, 6.07) is 4.49. The minimum Gasteiger partial charge on any atom is -0.477 e. The Hall–Kier alpha value is -2.07. The molecule has 0 aliphatic heterocycles. The first-order valence-corrected chi connectivity index (χ1v) is 8.57. The van der Waals surface area contributed by atoms with Crippen LogP contribution in [0, 0.1) is 6.92 Å². The van der Waals surface area contributed by atoms with Crippen LogP contribution in [0.25, 0.3) is 0 Å². The number of carbonyl (C=O) groups is 2. The fourth-order valence-electron chi connectivity index (χ4n) is 1.95. The Morgan fingerprint density at radius 2 is 1.88 bits per heavy atom. The molecule has 1 heterocycles. The number of aryl methyl sites for hydroxylation is 1. The summed E-state index contributed by atoms with van der Waals surface area (Å²) < 4.78 is 36.9. The lowest BCUT2D eigenvalue weighted by Crippen LogP contribution is -2.26. The number of nitrogens with one attached hydrogen (secondary N) is 1. The molecule has 2 rings (SSSR count). The number of carboxylic acid groups (broad SMARTS) is 1. The average Bonchev–Trinajstić information content (AvgIpc) is 2.88. The van der Waals surface area contributed by atoms with Crippen LogP contribution < -0.4 is 5.32 Å². The van der Waals surface area contributed by atoms with Crippen molar-refractivity contribution in [3.8, 4) is 0 Å². The van der Waals surface area contributed by atoms with Crippen molar-refractivity contribution in [2.24, 2.45) is 0 Å². The molecular weight excluding hydrogens is 377 g/mol. The number of aromatic nitrogens is 1. The summed E-state index contributed by atoms with van der Waals surface area (Å²) in [6.45, 7) is 3.21. The zero-order valence-electron chi connectivity index (χ0n) is 13.0. The van der Waals surface area contributed by atoms with E-state index in [1.54, 1.807) is 13.8 Å². The van der Waals surface area contributed by atoms with Crippen LogP contribution in [0.15, 0.2) is 29.2 Å². The number of carboxylic acids is 1. The Kier molecular flexibility index (Phi) is 5.73. The molecule has 25 heavy (non-hydrogen) atoms. The van der Waals surface area contributed by atoms with Crippen molar-refractivity contribution in [2.45, 2.75) is 30.3 Å². The predicted molar refractivity (Wildman–Crippen MR) is 88.0 cm³/mol. The lowest BCUT2D eigenvalue weighted by molar-refractivity contribution is -0.0328. The van der Waals surface area contributed by atoms with E-state index in [0.717, 1.165) is 11.3 Å². The van der Waals surface area contributed by atoms with E-state index in [1.165, 1.54) is 24.3 Å². The molecule has 1 aromatic carbocycles. The highest BCUT2D eigenvalue weighted by molar-refractivity contribution is 8.00. The number of halogens is 3.